The number of methoxy groups -OCH3 is 1. The summed E-state index contributed by atoms with van der Waals surface area (Å²) in [6, 6.07) is 19.5. The van der Waals surface area contributed by atoms with Crippen molar-refractivity contribution in [1.82, 2.24) is 0 Å². The van der Waals surface area contributed by atoms with E-state index in [0.29, 0.717) is 29.5 Å². The second-order valence-corrected chi connectivity index (χ2v) is 8.41. The summed E-state index contributed by atoms with van der Waals surface area (Å²) in [4.78, 5) is 34.2. The summed E-state index contributed by atoms with van der Waals surface area (Å²) in [5, 5.41) is 1.62. The van der Waals surface area contributed by atoms with Gasteiger partial charge in [0, 0.05) is 0 Å². The monoisotopic (exact) mass is 476 g/mol. The van der Waals surface area contributed by atoms with E-state index in [1.54, 1.807) is 18.2 Å². The highest BCUT2D eigenvalue weighted by molar-refractivity contribution is 6.23. The van der Waals surface area contributed by atoms with Crippen molar-refractivity contribution in [3.05, 3.63) is 84.2 Å². The van der Waals surface area contributed by atoms with Gasteiger partial charge in [0.05, 0.1) is 31.1 Å². The maximum Gasteiger partial charge on any atom is 0.266 e. The Morgan fingerprint density at radius 3 is 2.34 bits per heavy atom. The number of nitrogens with zero attached hydrogens (tertiary/aromatic N) is 2. The van der Waals surface area contributed by atoms with Crippen molar-refractivity contribution in [3.63, 3.8) is 0 Å². The molecule has 2 fully saturated rings. The van der Waals surface area contributed by atoms with Gasteiger partial charge in [-0.2, -0.15) is 0 Å². The molecule has 7 nitrogen and oxygen atoms in total. The first-order valence-corrected chi connectivity index (χ1v) is 11.5. The maximum atomic E-state index is 13.7. The highest BCUT2D eigenvalue weighted by Crippen LogP contribution is 2.48. The Hall–Kier alpha value is -3.91. The number of hydroxylamine groups is 1. The molecule has 2 aliphatic rings. The van der Waals surface area contributed by atoms with Crippen LogP contribution in [0.5, 0.6) is 11.5 Å². The number of rotatable bonds is 7. The number of hydrogen-bond donors (Lipinski definition) is 0. The molecule has 0 bridgehead atoms. The van der Waals surface area contributed by atoms with E-state index in [0.717, 1.165) is 16.9 Å². The normalized spacial score (nSPS) is 21.4. The van der Waals surface area contributed by atoms with Crippen molar-refractivity contribution in [3.8, 4) is 11.5 Å². The van der Waals surface area contributed by atoms with Gasteiger partial charge in [0.15, 0.2) is 17.6 Å². The zero-order valence-electron chi connectivity index (χ0n) is 19.4. The number of carbonyl (C=O) groups is 2. The number of imide groups is 1. The minimum Gasteiger partial charge on any atom is -0.493 e. The molecule has 180 valence electrons. The number of ether oxygens (including phenoxy) is 2. The highest BCUT2D eigenvalue weighted by Gasteiger charge is 2.60. The van der Waals surface area contributed by atoms with Gasteiger partial charge in [-0.25, -0.2) is 14.4 Å². The van der Waals surface area contributed by atoms with Gasteiger partial charge in [-0.1, -0.05) is 31.2 Å². The molecule has 3 atom stereocenters. The number of halogens is 1. The number of fused-ring (bicyclic) bond motifs is 1. The lowest BCUT2D eigenvalue weighted by molar-refractivity contribution is -0.126. The Kier molecular flexibility index (Phi) is 6.13. The summed E-state index contributed by atoms with van der Waals surface area (Å²) in [6.07, 6.45) is -0.164. The molecular weight excluding hydrogens is 451 g/mol. The first-order chi connectivity index (χ1) is 17.0. The average molecular weight is 477 g/mol. The third kappa shape index (κ3) is 4.00. The molecule has 0 saturated carbocycles. The largest absolute Gasteiger partial charge is 0.493 e. The first kappa shape index (κ1) is 22.9. The average Bonchev–Trinajstić information content (AvgIpc) is 3.39. The van der Waals surface area contributed by atoms with E-state index in [4.69, 9.17) is 14.3 Å². The van der Waals surface area contributed by atoms with Gasteiger partial charge in [0.2, 0.25) is 5.91 Å². The Morgan fingerprint density at radius 2 is 1.66 bits per heavy atom. The fraction of sp³-hybridized carbons (Fsp3) is 0.259. The fourth-order valence-corrected chi connectivity index (χ4v) is 4.60. The van der Waals surface area contributed by atoms with E-state index >= 15 is 0 Å². The molecule has 35 heavy (non-hydrogen) atoms. The summed E-state index contributed by atoms with van der Waals surface area (Å²) < 4.78 is 24.8. The minimum atomic E-state index is -1.01. The maximum absolute atomic E-state index is 13.7. The molecule has 0 spiro atoms. The van der Waals surface area contributed by atoms with Gasteiger partial charge in [-0.05, 0) is 60.5 Å². The lowest BCUT2D eigenvalue weighted by Gasteiger charge is -2.29. The number of carbonyl (C=O) groups excluding carboxylic acids is 2. The zero-order chi connectivity index (χ0) is 24.5. The number of amides is 2. The van der Waals surface area contributed by atoms with Crippen molar-refractivity contribution < 1.29 is 28.3 Å². The van der Waals surface area contributed by atoms with Crippen molar-refractivity contribution in [2.24, 2.45) is 5.92 Å². The minimum absolute atomic E-state index is 0.310. The molecule has 8 heteroatoms. The molecular formula is C27H25FN2O5. The number of para-hydroxylation sites is 1. The molecule has 2 saturated heterocycles. The van der Waals surface area contributed by atoms with Gasteiger partial charge >= 0.3 is 0 Å². The van der Waals surface area contributed by atoms with E-state index in [9.17, 15) is 14.0 Å². The van der Waals surface area contributed by atoms with Gasteiger partial charge in [-0.15, -0.1) is 0 Å². The quantitative estimate of drug-likeness (QED) is 0.462. The van der Waals surface area contributed by atoms with E-state index in [-0.39, 0.29) is 0 Å². The molecule has 0 N–H and O–H groups in total. The molecule has 0 aliphatic carbocycles. The number of benzene rings is 3. The molecule has 3 aromatic carbocycles. The van der Waals surface area contributed by atoms with Crippen LogP contribution in [0.3, 0.4) is 0 Å². The number of anilines is 2. The molecule has 5 rings (SSSR count). The van der Waals surface area contributed by atoms with Crippen LogP contribution in [0.1, 0.15) is 24.9 Å². The van der Waals surface area contributed by atoms with Crippen LogP contribution in [0.4, 0.5) is 15.8 Å². The fourth-order valence-electron chi connectivity index (χ4n) is 4.60. The molecule has 2 heterocycles. The van der Waals surface area contributed by atoms with Gasteiger partial charge in [0.1, 0.15) is 11.7 Å². The van der Waals surface area contributed by atoms with Crippen LogP contribution in [0.2, 0.25) is 0 Å². The van der Waals surface area contributed by atoms with Crippen LogP contribution >= 0.6 is 0 Å². The molecule has 2 aliphatic heterocycles. The van der Waals surface area contributed by atoms with Crippen LogP contribution < -0.4 is 19.4 Å². The summed E-state index contributed by atoms with van der Waals surface area (Å²) in [5.74, 6) is -1.01. The summed E-state index contributed by atoms with van der Waals surface area (Å²) in [5.41, 5.74) is 1.76. The second-order valence-electron chi connectivity index (χ2n) is 8.41. The Morgan fingerprint density at radius 1 is 0.914 bits per heavy atom. The van der Waals surface area contributed by atoms with Crippen molar-refractivity contribution >= 4 is 23.2 Å². The molecule has 0 aromatic heterocycles. The Labute approximate surface area is 202 Å². The van der Waals surface area contributed by atoms with Crippen molar-refractivity contribution in [2.75, 3.05) is 23.7 Å². The molecule has 3 aromatic rings. The van der Waals surface area contributed by atoms with Gasteiger partial charge in [0.25, 0.3) is 5.91 Å². The lowest BCUT2D eigenvalue weighted by atomic mass is 9.90. The van der Waals surface area contributed by atoms with Crippen LogP contribution in [-0.2, 0) is 14.4 Å². The SMILES string of the molecule is CCCOc1ccc([C@@H]2[C@H]3C(=O)N(c4ccc(F)cc4)C(=O)[C@@H]3ON2c2ccccc2)cc1OC. The van der Waals surface area contributed by atoms with E-state index < -0.39 is 35.7 Å². The van der Waals surface area contributed by atoms with Crippen molar-refractivity contribution in [1.29, 1.82) is 0 Å². The van der Waals surface area contributed by atoms with Crippen molar-refractivity contribution in [2.45, 2.75) is 25.5 Å². The van der Waals surface area contributed by atoms with Crippen LogP contribution in [-0.4, -0.2) is 31.6 Å². The third-order valence-corrected chi connectivity index (χ3v) is 6.20. The molecule has 2 amide bonds. The summed E-state index contributed by atoms with van der Waals surface area (Å²) in [6.45, 7) is 2.56. The van der Waals surface area contributed by atoms with Crippen LogP contribution in [0.25, 0.3) is 0 Å². The predicted molar refractivity (Wildman–Crippen MR) is 128 cm³/mol. The van der Waals surface area contributed by atoms with Gasteiger partial charge in [-0.3, -0.25) is 14.4 Å². The molecule has 0 unspecified atom stereocenters. The second kappa shape index (κ2) is 9.38. The lowest BCUT2D eigenvalue weighted by Crippen LogP contribution is -2.37. The zero-order valence-corrected chi connectivity index (χ0v) is 19.4. The smallest absolute Gasteiger partial charge is 0.266 e. The Balaban J connectivity index is 1.57. The number of hydrogen-bond acceptors (Lipinski definition) is 6. The predicted octanol–water partition coefficient (Wildman–Crippen LogP) is 4.67. The Bertz CT molecular complexity index is 1230. The van der Waals surface area contributed by atoms with Crippen LogP contribution in [0, 0.1) is 11.7 Å². The first-order valence-electron chi connectivity index (χ1n) is 11.5. The highest BCUT2D eigenvalue weighted by atomic mass is 19.1. The van der Waals surface area contributed by atoms with E-state index in [2.05, 4.69) is 0 Å². The topological polar surface area (TPSA) is 68.3 Å². The molecule has 0 radical (unpaired) electrons. The standard InChI is InChI=1S/C27H25FN2O5/c1-3-15-34-21-14-9-17(16-22(21)33-2)24-23-25(35-30(24)20-7-5-4-6-8-20)27(32)29(26(23)31)19-12-10-18(28)11-13-19/h4-14,16,23-25H,3,15H2,1-2H3/t23-,24-,25-/m1/s1. The van der Waals surface area contributed by atoms with E-state index in [1.165, 1.54) is 24.3 Å². The van der Waals surface area contributed by atoms with Gasteiger partial charge < -0.3 is 9.47 Å². The summed E-state index contributed by atoms with van der Waals surface area (Å²) in [7, 11) is 1.56. The summed E-state index contributed by atoms with van der Waals surface area (Å²) >= 11 is 0. The third-order valence-electron chi connectivity index (χ3n) is 6.20. The van der Waals surface area contributed by atoms with E-state index in [1.807, 2.05) is 49.4 Å². The van der Waals surface area contributed by atoms with Crippen LogP contribution in [0.15, 0.2) is 72.8 Å².